The van der Waals surface area contributed by atoms with Crippen LogP contribution in [0.25, 0.3) is 11.0 Å². The first-order valence-corrected chi connectivity index (χ1v) is 6.58. The Kier molecular flexibility index (Phi) is 2.31. The first-order chi connectivity index (χ1) is 8.03. The maximum atomic E-state index is 5.98. The van der Waals surface area contributed by atoms with Crippen LogP contribution in [0.5, 0.6) is 5.75 Å². The van der Waals surface area contributed by atoms with Gasteiger partial charge in [0.05, 0.1) is 7.11 Å². The van der Waals surface area contributed by atoms with Gasteiger partial charge in [-0.2, -0.15) is 0 Å². The normalized spacial score (nSPS) is 21.8. The van der Waals surface area contributed by atoms with E-state index in [9.17, 15) is 0 Å². The third kappa shape index (κ3) is 1.68. The molecule has 1 aromatic carbocycles. The number of benzene rings is 1. The molecule has 1 fully saturated rings. The second-order valence-electron chi connectivity index (χ2n) is 5.39. The van der Waals surface area contributed by atoms with E-state index < -0.39 is 0 Å². The molecular formula is C14H15BrO2. The van der Waals surface area contributed by atoms with Gasteiger partial charge in [-0.05, 0) is 30.0 Å². The highest BCUT2D eigenvalue weighted by atomic mass is 79.9. The number of furan rings is 1. The molecule has 3 heteroatoms. The lowest BCUT2D eigenvalue weighted by Crippen LogP contribution is -1.86. The third-order valence-corrected chi connectivity index (χ3v) is 4.38. The van der Waals surface area contributed by atoms with Crippen LogP contribution >= 0.6 is 15.9 Å². The fraction of sp³-hybridized carbons (Fsp3) is 0.429. The molecule has 0 radical (unpaired) electrons. The first kappa shape index (κ1) is 11.1. The van der Waals surface area contributed by atoms with Crippen LogP contribution in [-0.4, -0.2) is 7.11 Å². The Balaban J connectivity index is 2.15. The van der Waals surface area contributed by atoms with Gasteiger partial charge in [-0.1, -0.05) is 29.8 Å². The number of rotatable bonds is 2. The maximum absolute atomic E-state index is 5.98. The molecule has 1 heterocycles. The van der Waals surface area contributed by atoms with Crippen LogP contribution in [0.2, 0.25) is 0 Å². The monoisotopic (exact) mass is 294 g/mol. The third-order valence-electron chi connectivity index (χ3n) is 3.69. The van der Waals surface area contributed by atoms with Crippen LogP contribution < -0.4 is 4.74 Å². The fourth-order valence-corrected chi connectivity index (χ4v) is 2.80. The number of hydrogen-bond donors (Lipinski definition) is 0. The summed E-state index contributed by atoms with van der Waals surface area (Å²) in [5.41, 5.74) is 1.23. The standard InChI is InChI=1S/C14H15BrO2/c1-14(2)7-9(14)12-6-8-10(15)4-5-11(16-3)13(8)17-12/h4-6,9H,7H2,1-3H3. The van der Waals surface area contributed by atoms with Crippen LogP contribution in [0.3, 0.4) is 0 Å². The van der Waals surface area contributed by atoms with E-state index in [0.29, 0.717) is 11.3 Å². The van der Waals surface area contributed by atoms with Crippen LogP contribution in [0.15, 0.2) is 27.1 Å². The highest BCUT2D eigenvalue weighted by Crippen LogP contribution is 2.59. The van der Waals surface area contributed by atoms with E-state index in [1.807, 2.05) is 12.1 Å². The lowest BCUT2D eigenvalue weighted by molar-refractivity contribution is 0.406. The second-order valence-corrected chi connectivity index (χ2v) is 6.24. The zero-order valence-corrected chi connectivity index (χ0v) is 11.8. The lowest BCUT2D eigenvalue weighted by Gasteiger charge is -2.01. The molecule has 2 nitrogen and oxygen atoms in total. The molecule has 17 heavy (non-hydrogen) atoms. The lowest BCUT2D eigenvalue weighted by atomic mass is 10.1. The number of hydrogen-bond acceptors (Lipinski definition) is 2. The molecule has 0 amide bonds. The van der Waals surface area contributed by atoms with Gasteiger partial charge in [0.25, 0.3) is 0 Å². The van der Waals surface area contributed by atoms with Crippen molar-refractivity contribution in [3.05, 3.63) is 28.4 Å². The number of methoxy groups -OCH3 is 1. The summed E-state index contributed by atoms with van der Waals surface area (Å²) in [7, 11) is 1.67. The minimum absolute atomic E-state index is 0.383. The molecule has 0 saturated heterocycles. The Hall–Kier alpha value is -0.960. The van der Waals surface area contributed by atoms with Crippen molar-refractivity contribution in [3.8, 4) is 5.75 Å². The molecule has 90 valence electrons. The molecule has 1 unspecified atom stereocenters. The van der Waals surface area contributed by atoms with Crippen molar-refractivity contribution in [1.82, 2.24) is 0 Å². The number of halogens is 1. The van der Waals surface area contributed by atoms with Gasteiger partial charge in [0.15, 0.2) is 11.3 Å². The van der Waals surface area contributed by atoms with Gasteiger partial charge in [0.2, 0.25) is 0 Å². The molecule has 0 bridgehead atoms. The average Bonchev–Trinajstić information content (AvgIpc) is 2.75. The Morgan fingerprint density at radius 2 is 2.12 bits per heavy atom. The molecule has 1 aromatic heterocycles. The van der Waals surface area contributed by atoms with Crippen LogP contribution in [0.1, 0.15) is 31.9 Å². The summed E-state index contributed by atoms with van der Waals surface area (Å²) in [5.74, 6) is 2.43. The smallest absolute Gasteiger partial charge is 0.177 e. The second kappa shape index (κ2) is 3.52. The van der Waals surface area contributed by atoms with E-state index in [2.05, 4.69) is 35.8 Å². The molecule has 0 aliphatic heterocycles. The first-order valence-electron chi connectivity index (χ1n) is 5.79. The maximum Gasteiger partial charge on any atom is 0.177 e. The van der Waals surface area contributed by atoms with Gasteiger partial charge in [0.1, 0.15) is 5.76 Å². The number of fused-ring (bicyclic) bond motifs is 1. The summed E-state index contributed by atoms with van der Waals surface area (Å²) in [5, 5.41) is 1.10. The van der Waals surface area contributed by atoms with Crippen molar-refractivity contribution in [2.75, 3.05) is 7.11 Å². The van der Waals surface area contributed by atoms with E-state index in [4.69, 9.17) is 9.15 Å². The van der Waals surface area contributed by atoms with Gasteiger partial charge in [-0.25, -0.2) is 0 Å². The minimum Gasteiger partial charge on any atom is -0.493 e. The average molecular weight is 295 g/mol. The molecule has 1 aliphatic carbocycles. The molecule has 1 atom stereocenters. The van der Waals surface area contributed by atoms with E-state index in [1.54, 1.807) is 7.11 Å². The van der Waals surface area contributed by atoms with Gasteiger partial charge >= 0.3 is 0 Å². The summed E-state index contributed by atoms with van der Waals surface area (Å²) in [6.45, 7) is 4.55. The quantitative estimate of drug-likeness (QED) is 0.800. The molecule has 1 aliphatic rings. The van der Waals surface area contributed by atoms with Crippen molar-refractivity contribution in [3.63, 3.8) is 0 Å². The predicted molar refractivity (Wildman–Crippen MR) is 71.6 cm³/mol. The largest absolute Gasteiger partial charge is 0.493 e. The van der Waals surface area contributed by atoms with Crippen molar-refractivity contribution in [2.24, 2.45) is 5.41 Å². The minimum atomic E-state index is 0.383. The highest BCUT2D eigenvalue weighted by molar-refractivity contribution is 9.10. The van der Waals surface area contributed by atoms with Crippen molar-refractivity contribution in [2.45, 2.75) is 26.2 Å². The molecule has 0 spiro atoms. The zero-order valence-electron chi connectivity index (χ0n) is 10.2. The summed E-state index contributed by atoms with van der Waals surface area (Å²) in [6.07, 6.45) is 1.20. The predicted octanol–water partition coefficient (Wildman–Crippen LogP) is 4.72. The Bertz CT molecular complexity index is 583. The van der Waals surface area contributed by atoms with Crippen molar-refractivity contribution < 1.29 is 9.15 Å². The molecule has 1 saturated carbocycles. The molecule has 2 aromatic rings. The van der Waals surface area contributed by atoms with E-state index in [-0.39, 0.29) is 0 Å². The summed E-state index contributed by atoms with van der Waals surface area (Å²) in [6, 6.07) is 6.07. The van der Waals surface area contributed by atoms with E-state index >= 15 is 0 Å². The SMILES string of the molecule is COc1ccc(Br)c2cc(C3CC3(C)C)oc12. The molecular weight excluding hydrogens is 280 g/mol. The Labute approximate surface area is 109 Å². The zero-order chi connectivity index (χ0) is 12.2. The van der Waals surface area contributed by atoms with Gasteiger partial charge in [0, 0.05) is 15.8 Å². The van der Waals surface area contributed by atoms with Gasteiger partial charge in [-0.15, -0.1) is 0 Å². The topological polar surface area (TPSA) is 22.4 Å². The Morgan fingerprint density at radius 3 is 2.71 bits per heavy atom. The fourth-order valence-electron chi connectivity index (χ4n) is 2.37. The van der Waals surface area contributed by atoms with Crippen LogP contribution in [0, 0.1) is 5.41 Å². The van der Waals surface area contributed by atoms with Gasteiger partial charge in [-0.3, -0.25) is 0 Å². The molecule has 3 rings (SSSR count). The summed E-state index contributed by atoms with van der Waals surface area (Å²) >= 11 is 3.56. The summed E-state index contributed by atoms with van der Waals surface area (Å²) in [4.78, 5) is 0. The highest BCUT2D eigenvalue weighted by Gasteiger charge is 2.48. The number of ether oxygens (including phenoxy) is 1. The van der Waals surface area contributed by atoms with Crippen LogP contribution in [0.4, 0.5) is 0 Å². The van der Waals surface area contributed by atoms with Crippen molar-refractivity contribution in [1.29, 1.82) is 0 Å². The Morgan fingerprint density at radius 1 is 1.41 bits per heavy atom. The van der Waals surface area contributed by atoms with Crippen molar-refractivity contribution >= 4 is 26.9 Å². The van der Waals surface area contributed by atoms with Crippen LogP contribution in [-0.2, 0) is 0 Å². The summed E-state index contributed by atoms with van der Waals surface area (Å²) < 4.78 is 12.4. The van der Waals surface area contributed by atoms with Gasteiger partial charge < -0.3 is 9.15 Å². The molecule has 0 N–H and O–H groups in total. The van der Waals surface area contributed by atoms with E-state index in [1.165, 1.54) is 6.42 Å². The van der Waals surface area contributed by atoms with E-state index in [0.717, 1.165) is 27.0 Å².